The van der Waals surface area contributed by atoms with Crippen molar-refractivity contribution in [1.82, 2.24) is 0 Å². The van der Waals surface area contributed by atoms with Gasteiger partial charge in [0.15, 0.2) is 0 Å². The third-order valence-corrected chi connectivity index (χ3v) is 3.11. The zero-order valence-electron chi connectivity index (χ0n) is 11.0. The fourth-order valence-corrected chi connectivity index (χ4v) is 2.17. The van der Waals surface area contributed by atoms with Crippen LogP contribution >= 0.6 is 0 Å². The Hall–Kier alpha value is -1.76. The third kappa shape index (κ3) is 3.63. The van der Waals surface area contributed by atoms with Gasteiger partial charge in [-0.05, 0) is 30.0 Å². The molecular formula is C17H21N. The van der Waals surface area contributed by atoms with E-state index in [2.05, 4.69) is 66.8 Å². The van der Waals surface area contributed by atoms with Crippen LogP contribution in [0.15, 0.2) is 54.6 Å². The van der Waals surface area contributed by atoms with Crippen molar-refractivity contribution in [2.45, 2.75) is 26.2 Å². The number of rotatable bonds is 6. The molecule has 0 heterocycles. The minimum Gasteiger partial charge on any atom is -0.384 e. The summed E-state index contributed by atoms with van der Waals surface area (Å²) in [5.41, 5.74) is 4.10. The predicted octanol–water partition coefficient (Wildman–Crippen LogP) is 4.29. The Morgan fingerprint density at radius 3 is 2.33 bits per heavy atom. The van der Waals surface area contributed by atoms with E-state index in [0.29, 0.717) is 0 Å². The first-order valence-electron chi connectivity index (χ1n) is 6.76. The van der Waals surface area contributed by atoms with Crippen molar-refractivity contribution in [3.8, 4) is 0 Å². The zero-order chi connectivity index (χ0) is 12.6. The van der Waals surface area contributed by atoms with Gasteiger partial charge < -0.3 is 5.32 Å². The van der Waals surface area contributed by atoms with E-state index in [0.717, 1.165) is 19.4 Å². The number of hydrogen-bond acceptors (Lipinski definition) is 1. The largest absolute Gasteiger partial charge is 0.384 e. The van der Waals surface area contributed by atoms with Crippen LogP contribution in [-0.4, -0.2) is 6.54 Å². The highest BCUT2D eigenvalue weighted by Crippen LogP contribution is 2.16. The van der Waals surface area contributed by atoms with Crippen molar-refractivity contribution >= 4 is 5.69 Å². The smallest absolute Gasteiger partial charge is 0.0372 e. The average molecular weight is 239 g/mol. The van der Waals surface area contributed by atoms with E-state index in [1.165, 1.54) is 23.2 Å². The van der Waals surface area contributed by atoms with E-state index < -0.39 is 0 Å². The summed E-state index contributed by atoms with van der Waals surface area (Å²) in [5.74, 6) is 0. The minimum atomic E-state index is 0.991. The molecule has 0 radical (unpaired) electrons. The summed E-state index contributed by atoms with van der Waals surface area (Å²) < 4.78 is 0. The lowest BCUT2D eigenvalue weighted by molar-refractivity contribution is 0.916. The minimum absolute atomic E-state index is 0.991. The molecule has 2 rings (SSSR count). The van der Waals surface area contributed by atoms with Crippen molar-refractivity contribution < 1.29 is 0 Å². The molecule has 0 bridgehead atoms. The third-order valence-electron chi connectivity index (χ3n) is 3.11. The molecule has 18 heavy (non-hydrogen) atoms. The Balaban J connectivity index is 1.90. The number of nitrogens with one attached hydrogen (secondary N) is 1. The van der Waals surface area contributed by atoms with Gasteiger partial charge in [0.2, 0.25) is 0 Å². The van der Waals surface area contributed by atoms with Crippen molar-refractivity contribution in [3.05, 3.63) is 65.7 Å². The van der Waals surface area contributed by atoms with Crippen LogP contribution in [0.2, 0.25) is 0 Å². The van der Waals surface area contributed by atoms with Crippen molar-refractivity contribution in [1.29, 1.82) is 0 Å². The number of benzene rings is 2. The molecule has 0 aliphatic carbocycles. The lowest BCUT2D eigenvalue weighted by atomic mass is 10.1. The highest BCUT2D eigenvalue weighted by atomic mass is 14.9. The van der Waals surface area contributed by atoms with Gasteiger partial charge in [-0.3, -0.25) is 0 Å². The van der Waals surface area contributed by atoms with E-state index in [4.69, 9.17) is 0 Å². The van der Waals surface area contributed by atoms with E-state index in [1.807, 2.05) is 0 Å². The molecule has 0 aliphatic rings. The van der Waals surface area contributed by atoms with Gasteiger partial charge in [-0.15, -0.1) is 0 Å². The SMILES string of the molecule is CCCc1ccccc1NCCc1ccccc1. The molecule has 0 unspecified atom stereocenters. The fourth-order valence-electron chi connectivity index (χ4n) is 2.17. The molecule has 0 atom stereocenters. The normalized spacial score (nSPS) is 10.3. The van der Waals surface area contributed by atoms with Gasteiger partial charge in [0.05, 0.1) is 0 Å². The first-order valence-corrected chi connectivity index (χ1v) is 6.76. The van der Waals surface area contributed by atoms with Gasteiger partial charge in [0.1, 0.15) is 0 Å². The van der Waals surface area contributed by atoms with Crippen molar-refractivity contribution in [2.75, 3.05) is 11.9 Å². The maximum atomic E-state index is 3.55. The molecule has 1 nitrogen and oxygen atoms in total. The standard InChI is InChI=1S/C17H21N/c1-2-8-16-11-6-7-12-17(16)18-14-13-15-9-4-3-5-10-15/h3-7,9-12,18H,2,8,13-14H2,1H3. The number of hydrogen-bond donors (Lipinski definition) is 1. The summed E-state index contributed by atoms with van der Waals surface area (Å²) in [5, 5.41) is 3.55. The topological polar surface area (TPSA) is 12.0 Å². The van der Waals surface area contributed by atoms with Gasteiger partial charge in [0.25, 0.3) is 0 Å². The van der Waals surface area contributed by atoms with Crippen LogP contribution in [0.1, 0.15) is 24.5 Å². The van der Waals surface area contributed by atoms with Crippen molar-refractivity contribution in [2.24, 2.45) is 0 Å². The number of para-hydroxylation sites is 1. The quantitative estimate of drug-likeness (QED) is 0.792. The molecule has 0 aliphatic heterocycles. The number of anilines is 1. The predicted molar refractivity (Wildman–Crippen MR) is 79.1 cm³/mol. The highest BCUT2D eigenvalue weighted by Gasteiger charge is 1.99. The lowest BCUT2D eigenvalue weighted by Gasteiger charge is -2.11. The zero-order valence-corrected chi connectivity index (χ0v) is 11.0. The van der Waals surface area contributed by atoms with Crippen LogP contribution < -0.4 is 5.32 Å². The molecule has 0 fully saturated rings. The molecule has 0 saturated carbocycles. The first-order chi connectivity index (χ1) is 8.90. The van der Waals surface area contributed by atoms with Crippen LogP contribution in [0, 0.1) is 0 Å². The molecular weight excluding hydrogens is 218 g/mol. The molecule has 0 amide bonds. The van der Waals surface area contributed by atoms with Gasteiger partial charge in [-0.2, -0.15) is 0 Å². The van der Waals surface area contributed by atoms with Gasteiger partial charge in [0, 0.05) is 12.2 Å². The van der Waals surface area contributed by atoms with Crippen LogP contribution in [-0.2, 0) is 12.8 Å². The van der Waals surface area contributed by atoms with E-state index in [1.54, 1.807) is 0 Å². The fraction of sp³-hybridized carbons (Fsp3) is 0.294. The van der Waals surface area contributed by atoms with Gasteiger partial charge >= 0.3 is 0 Å². The molecule has 1 heteroatoms. The molecule has 0 aromatic heterocycles. The molecule has 94 valence electrons. The van der Waals surface area contributed by atoms with E-state index in [-0.39, 0.29) is 0 Å². The Morgan fingerprint density at radius 2 is 1.56 bits per heavy atom. The summed E-state index contributed by atoms with van der Waals surface area (Å²) >= 11 is 0. The second-order valence-corrected chi connectivity index (χ2v) is 4.57. The Labute approximate surface area is 110 Å². The second kappa shape index (κ2) is 6.85. The average Bonchev–Trinajstić information content (AvgIpc) is 2.42. The lowest BCUT2D eigenvalue weighted by Crippen LogP contribution is -2.06. The van der Waals surface area contributed by atoms with Crippen LogP contribution in [0.25, 0.3) is 0 Å². The Bertz CT molecular complexity index is 462. The highest BCUT2D eigenvalue weighted by molar-refractivity contribution is 5.51. The molecule has 1 N–H and O–H groups in total. The molecule has 2 aromatic carbocycles. The summed E-state index contributed by atoms with van der Waals surface area (Å²) in [7, 11) is 0. The maximum Gasteiger partial charge on any atom is 0.0372 e. The van der Waals surface area contributed by atoms with Crippen LogP contribution in [0.3, 0.4) is 0 Å². The summed E-state index contributed by atoms with van der Waals surface area (Å²) in [6, 6.07) is 19.2. The Kier molecular flexibility index (Phi) is 4.83. The summed E-state index contributed by atoms with van der Waals surface area (Å²) in [4.78, 5) is 0. The summed E-state index contributed by atoms with van der Waals surface area (Å²) in [6.45, 7) is 3.21. The Morgan fingerprint density at radius 1 is 0.833 bits per heavy atom. The van der Waals surface area contributed by atoms with E-state index in [9.17, 15) is 0 Å². The van der Waals surface area contributed by atoms with E-state index >= 15 is 0 Å². The van der Waals surface area contributed by atoms with Crippen LogP contribution in [0.5, 0.6) is 0 Å². The van der Waals surface area contributed by atoms with Gasteiger partial charge in [-0.1, -0.05) is 61.9 Å². The van der Waals surface area contributed by atoms with Crippen LogP contribution in [0.4, 0.5) is 5.69 Å². The molecule has 2 aromatic rings. The monoisotopic (exact) mass is 239 g/mol. The first kappa shape index (κ1) is 12.7. The second-order valence-electron chi connectivity index (χ2n) is 4.57. The summed E-state index contributed by atoms with van der Waals surface area (Å²) in [6.07, 6.45) is 3.41. The van der Waals surface area contributed by atoms with Crippen molar-refractivity contribution in [3.63, 3.8) is 0 Å². The number of aryl methyl sites for hydroxylation is 1. The maximum absolute atomic E-state index is 3.55. The van der Waals surface area contributed by atoms with Gasteiger partial charge in [-0.25, -0.2) is 0 Å². The molecule has 0 spiro atoms. The molecule has 0 saturated heterocycles.